The van der Waals surface area contributed by atoms with Crippen molar-refractivity contribution in [3.63, 3.8) is 0 Å². The lowest BCUT2D eigenvalue weighted by atomic mass is 9.98. The van der Waals surface area contributed by atoms with Gasteiger partial charge in [-0.2, -0.15) is 0 Å². The van der Waals surface area contributed by atoms with E-state index < -0.39 is 0 Å². The Hall–Kier alpha value is -2.80. The van der Waals surface area contributed by atoms with Crippen LogP contribution in [-0.4, -0.2) is 46.4 Å². The SMILES string of the molecule is CCC(C)(C)n1nnnc1[C@H](c1ccc(C)cc1)[NH+]1CCN(c2ccccc2F)CC1. The maximum Gasteiger partial charge on any atom is 0.214 e. The van der Waals surface area contributed by atoms with E-state index in [1.54, 1.807) is 6.07 Å². The second-order valence-electron chi connectivity index (χ2n) is 9.06. The van der Waals surface area contributed by atoms with Gasteiger partial charge in [0.25, 0.3) is 0 Å². The molecule has 4 rings (SSSR count). The highest BCUT2D eigenvalue weighted by Crippen LogP contribution is 2.25. The van der Waals surface area contributed by atoms with Gasteiger partial charge in [0.2, 0.25) is 5.82 Å². The van der Waals surface area contributed by atoms with Crippen LogP contribution in [0.5, 0.6) is 0 Å². The van der Waals surface area contributed by atoms with Gasteiger partial charge in [-0.15, -0.1) is 5.10 Å². The van der Waals surface area contributed by atoms with Crippen LogP contribution in [0.1, 0.15) is 50.2 Å². The number of benzene rings is 2. The third-order valence-electron chi connectivity index (χ3n) is 6.61. The summed E-state index contributed by atoms with van der Waals surface area (Å²) in [6.45, 7) is 11.9. The van der Waals surface area contributed by atoms with Crippen molar-refractivity contribution < 1.29 is 9.29 Å². The molecule has 0 aliphatic carbocycles. The fourth-order valence-corrected chi connectivity index (χ4v) is 4.31. The average Bonchev–Trinajstić information content (AvgIpc) is 3.27. The van der Waals surface area contributed by atoms with Gasteiger partial charge in [-0.1, -0.05) is 48.9 Å². The van der Waals surface area contributed by atoms with Crippen molar-refractivity contribution in [1.82, 2.24) is 20.2 Å². The van der Waals surface area contributed by atoms with E-state index in [9.17, 15) is 4.39 Å². The van der Waals surface area contributed by atoms with Crippen molar-refractivity contribution in [2.24, 2.45) is 0 Å². The molecule has 7 heteroatoms. The predicted molar refractivity (Wildman–Crippen MR) is 120 cm³/mol. The Bertz CT molecular complexity index is 1000. The number of hydrogen-bond acceptors (Lipinski definition) is 4. The van der Waals surface area contributed by atoms with E-state index in [1.165, 1.54) is 22.1 Å². The third-order valence-corrected chi connectivity index (χ3v) is 6.61. The number of quaternary nitrogens is 1. The Kier molecular flexibility index (Phi) is 6.05. The van der Waals surface area contributed by atoms with Crippen LogP contribution in [-0.2, 0) is 5.54 Å². The molecule has 31 heavy (non-hydrogen) atoms. The van der Waals surface area contributed by atoms with Crippen LogP contribution in [0.2, 0.25) is 0 Å². The summed E-state index contributed by atoms with van der Waals surface area (Å²) in [5.41, 5.74) is 2.96. The lowest BCUT2D eigenvalue weighted by Crippen LogP contribution is -3.15. The van der Waals surface area contributed by atoms with Crippen molar-refractivity contribution in [3.05, 3.63) is 71.3 Å². The standard InChI is InChI=1S/C24H31FN6/c1-5-24(3,4)31-23(26-27-28-31)22(19-12-10-18(2)11-13-19)30-16-14-29(15-17-30)21-9-7-6-8-20(21)25/h6-13,22H,5,14-17H2,1-4H3/p+1/t22-/m0/s1. The zero-order chi connectivity index (χ0) is 22.0. The minimum Gasteiger partial charge on any atom is -0.358 e. The quantitative estimate of drug-likeness (QED) is 0.663. The van der Waals surface area contributed by atoms with Gasteiger partial charge in [-0.25, -0.2) is 9.07 Å². The number of tetrazole rings is 1. The highest BCUT2D eigenvalue weighted by molar-refractivity contribution is 5.47. The van der Waals surface area contributed by atoms with E-state index in [-0.39, 0.29) is 17.4 Å². The first-order valence-corrected chi connectivity index (χ1v) is 11.1. The average molecular weight is 424 g/mol. The molecule has 0 bridgehead atoms. The Morgan fingerprint density at radius 3 is 2.39 bits per heavy atom. The van der Waals surface area contributed by atoms with Gasteiger partial charge in [0.1, 0.15) is 5.82 Å². The molecule has 0 saturated carbocycles. The summed E-state index contributed by atoms with van der Waals surface area (Å²) in [5, 5.41) is 12.9. The van der Waals surface area contributed by atoms with Crippen LogP contribution in [0.3, 0.4) is 0 Å². The van der Waals surface area contributed by atoms with E-state index in [2.05, 4.69) is 72.4 Å². The molecule has 0 unspecified atom stereocenters. The van der Waals surface area contributed by atoms with Crippen LogP contribution < -0.4 is 9.80 Å². The number of aryl methyl sites for hydroxylation is 1. The Morgan fingerprint density at radius 2 is 1.74 bits per heavy atom. The number of hydrogen-bond donors (Lipinski definition) is 1. The largest absolute Gasteiger partial charge is 0.358 e. The molecule has 1 saturated heterocycles. The van der Waals surface area contributed by atoms with E-state index in [0.717, 1.165) is 38.4 Å². The second-order valence-corrected chi connectivity index (χ2v) is 9.06. The fourth-order valence-electron chi connectivity index (χ4n) is 4.31. The molecule has 2 aromatic carbocycles. The number of anilines is 1. The zero-order valence-electron chi connectivity index (χ0n) is 18.8. The minimum absolute atomic E-state index is 0.0317. The van der Waals surface area contributed by atoms with E-state index in [0.29, 0.717) is 5.69 Å². The van der Waals surface area contributed by atoms with Crippen molar-refractivity contribution in [1.29, 1.82) is 0 Å². The summed E-state index contributed by atoms with van der Waals surface area (Å²) >= 11 is 0. The van der Waals surface area contributed by atoms with Gasteiger partial charge in [0.15, 0.2) is 6.04 Å². The van der Waals surface area contributed by atoms with Crippen molar-refractivity contribution >= 4 is 5.69 Å². The normalized spacial score (nSPS) is 16.5. The molecule has 0 spiro atoms. The van der Waals surface area contributed by atoms with Gasteiger partial charge < -0.3 is 9.80 Å². The minimum atomic E-state index is -0.170. The van der Waals surface area contributed by atoms with E-state index >= 15 is 0 Å². The first-order valence-electron chi connectivity index (χ1n) is 11.1. The molecular weight excluding hydrogens is 391 g/mol. The molecule has 1 fully saturated rings. The second kappa shape index (κ2) is 8.75. The lowest BCUT2D eigenvalue weighted by molar-refractivity contribution is -0.927. The number of aromatic nitrogens is 4. The summed E-state index contributed by atoms with van der Waals surface area (Å²) in [6, 6.07) is 15.7. The summed E-state index contributed by atoms with van der Waals surface area (Å²) in [7, 11) is 0. The van der Waals surface area contributed by atoms with E-state index in [4.69, 9.17) is 0 Å². The first kappa shape index (κ1) is 21.4. The summed E-state index contributed by atoms with van der Waals surface area (Å²) in [6.07, 6.45) is 0.933. The maximum absolute atomic E-state index is 14.3. The predicted octanol–water partition coefficient (Wildman–Crippen LogP) is 2.76. The topological polar surface area (TPSA) is 51.3 Å². The molecule has 0 amide bonds. The number of rotatable bonds is 6. The van der Waals surface area contributed by atoms with Crippen LogP contribution in [0.25, 0.3) is 0 Å². The van der Waals surface area contributed by atoms with Crippen LogP contribution in [0.4, 0.5) is 10.1 Å². The molecule has 2 heterocycles. The van der Waals surface area contributed by atoms with Crippen molar-refractivity contribution in [2.75, 3.05) is 31.1 Å². The highest BCUT2D eigenvalue weighted by atomic mass is 19.1. The smallest absolute Gasteiger partial charge is 0.214 e. The molecule has 0 radical (unpaired) electrons. The maximum atomic E-state index is 14.3. The fraction of sp³-hybridized carbons (Fsp3) is 0.458. The molecule has 164 valence electrons. The number of halogens is 1. The number of piperazine rings is 1. The number of nitrogens with zero attached hydrogens (tertiary/aromatic N) is 5. The number of nitrogens with one attached hydrogen (secondary N) is 1. The van der Waals surface area contributed by atoms with Crippen LogP contribution in [0, 0.1) is 12.7 Å². The summed E-state index contributed by atoms with van der Waals surface area (Å²) in [4.78, 5) is 3.55. The van der Waals surface area contributed by atoms with Gasteiger partial charge in [-0.3, -0.25) is 0 Å². The Morgan fingerprint density at radius 1 is 1.06 bits per heavy atom. The first-order chi connectivity index (χ1) is 14.9. The molecule has 1 aliphatic rings. The number of para-hydroxylation sites is 1. The molecule has 1 atom stereocenters. The third kappa shape index (κ3) is 4.32. The Labute approximate surface area is 183 Å². The Balaban J connectivity index is 1.65. The van der Waals surface area contributed by atoms with Gasteiger partial charge >= 0.3 is 0 Å². The van der Waals surface area contributed by atoms with Gasteiger partial charge in [0.05, 0.1) is 37.4 Å². The molecule has 3 aromatic rings. The lowest BCUT2D eigenvalue weighted by Gasteiger charge is -2.38. The van der Waals surface area contributed by atoms with Crippen molar-refractivity contribution in [2.45, 2.75) is 45.7 Å². The monoisotopic (exact) mass is 423 g/mol. The van der Waals surface area contributed by atoms with E-state index in [1.807, 2.05) is 16.8 Å². The molecule has 6 nitrogen and oxygen atoms in total. The molecule has 1 aromatic heterocycles. The highest BCUT2D eigenvalue weighted by Gasteiger charge is 2.37. The summed E-state index contributed by atoms with van der Waals surface area (Å²) in [5.74, 6) is 0.736. The summed E-state index contributed by atoms with van der Waals surface area (Å²) < 4.78 is 16.3. The van der Waals surface area contributed by atoms with Crippen LogP contribution >= 0.6 is 0 Å². The molecular formula is C24H32FN6+. The van der Waals surface area contributed by atoms with Gasteiger partial charge in [-0.05, 0) is 49.8 Å². The molecule has 1 aliphatic heterocycles. The zero-order valence-corrected chi connectivity index (χ0v) is 18.8. The van der Waals surface area contributed by atoms with Crippen molar-refractivity contribution in [3.8, 4) is 0 Å². The van der Waals surface area contributed by atoms with Crippen LogP contribution in [0.15, 0.2) is 48.5 Å². The molecule has 1 N–H and O–H groups in total. The van der Waals surface area contributed by atoms with Gasteiger partial charge in [0, 0.05) is 5.56 Å².